The van der Waals surface area contributed by atoms with Crippen LogP contribution in [0.1, 0.15) is 57.8 Å². The van der Waals surface area contributed by atoms with Crippen molar-refractivity contribution < 1.29 is 24.1 Å². The predicted molar refractivity (Wildman–Crippen MR) is 90.0 cm³/mol. The third kappa shape index (κ3) is 4.93. The van der Waals surface area contributed by atoms with E-state index in [4.69, 9.17) is 19.3 Å². The number of ether oxygens (including phenoxy) is 3. The van der Waals surface area contributed by atoms with Crippen LogP contribution in [0.15, 0.2) is 0 Å². The van der Waals surface area contributed by atoms with E-state index in [1.807, 2.05) is 0 Å². The van der Waals surface area contributed by atoms with Gasteiger partial charge < -0.3 is 19.3 Å². The van der Waals surface area contributed by atoms with E-state index in [-0.39, 0.29) is 6.42 Å². The van der Waals surface area contributed by atoms with Gasteiger partial charge in [-0.1, -0.05) is 12.8 Å². The van der Waals surface area contributed by atoms with Gasteiger partial charge in [-0.05, 0) is 50.4 Å². The van der Waals surface area contributed by atoms with Crippen LogP contribution >= 0.6 is 0 Å². The number of hydrogen-bond acceptors (Lipinski definition) is 4. The van der Waals surface area contributed by atoms with Crippen molar-refractivity contribution >= 4 is 5.97 Å². The van der Waals surface area contributed by atoms with E-state index in [0.717, 1.165) is 25.6 Å². The number of rotatable bonds is 11. The Labute approximate surface area is 145 Å². The fraction of sp³-hybridized carbons (Fsp3) is 0.947. The molecule has 1 saturated carbocycles. The highest BCUT2D eigenvalue weighted by Crippen LogP contribution is 2.45. The molecule has 1 aliphatic carbocycles. The molecular weight excluding hydrogens is 308 g/mol. The Morgan fingerprint density at radius 2 is 1.71 bits per heavy atom. The van der Waals surface area contributed by atoms with Crippen molar-refractivity contribution in [2.45, 2.75) is 70.0 Å². The van der Waals surface area contributed by atoms with E-state index >= 15 is 0 Å². The summed E-state index contributed by atoms with van der Waals surface area (Å²) in [6.07, 6.45) is 10.3. The third-order valence-electron chi connectivity index (χ3n) is 6.00. The topological polar surface area (TPSA) is 65.0 Å². The van der Waals surface area contributed by atoms with Gasteiger partial charge in [0.1, 0.15) is 0 Å². The predicted octanol–water partition coefficient (Wildman–Crippen LogP) is 3.26. The minimum absolute atomic E-state index is 0.189. The van der Waals surface area contributed by atoms with Crippen LogP contribution in [0.4, 0.5) is 0 Å². The van der Waals surface area contributed by atoms with E-state index in [0.29, 0.717) is 43.7 Å². The molecule has 0 aromatic carbocycles. The molecule has 0 aromatic heterocycles. The van der Waals surface area contributed by atoms with Crippen LogP contribution in [0.2, 0.25) is 0 Å². The number of carbonyl (C=O) groups is 1. The van der Waals surface area contributed by atoms with Crippen LogP contribution in [0, 0.1) is 17.8 Å². The summed E-state index contributed by atoms with van der Waals surface area (Å²) in [6.45, 7) is 3.00. The van der Waals surface area contributed by atoms with Crippen molar-refractivity contribution in [3.05, 3.63) is 0 Å². The first kappa shape index (κ1) is 18.2. The highest BCUT2D eigenvalue weighted by Gasteiger charge is 2.48. The zero-order chi connectivity index (χ0) is 16.8. The zero-order valence-electron chi connectivity index (χ0n) is 14.7. The highest BCUT2D eigenvalue weighted by atomic mass is 16.5. The fourth-order valence-corrected chi connectivity index (χ4v) is 4.70. The van der Waals surface area contributed by atoms with Gasteiger partial charge in [-0.15, -0.1) is 0 Å². The van der Waals surface area contributed by atoms with Crippen LogP contribution in [0.25, 0.3) is 0 Å². The van der Waals surface area contributed by atoms with Crippen molar-refractivity contribution in [2.75, 3.05) is 26.4 Å². The van der Waals surface area contributed by atoms with Crippen LogP contribution < -0.4 is 0 Å². The Balaban J connectivity index is 1.34. The van der Waals surface area contributed by atoms with Crippen molar-refractivity contribution in [3.8, 4) is 0 Å². The Bertz CT molecular complexity index is 393. The molecular formula is C19H32O5. The van der Waals surface area contributed by atoms with Gasteiger partial charge >= 0.3 is 5.97 Å². The fourth-order valence-electron chi connectivity index (χ4n) is 4.70. The van der Waals surface area contributed by atoms with Gasteiger partial charge in [0.05, 0.1) is 18.8 Å². The van der Waals surface area contributed by atoms with Gasteiger partial charge in [0.2, 0.25) is 0 Å². The van der Waals surface area contributed by atoms with E-state index in [1.165, 1.54) is 38.5 Å². The molecule has 3 aliphatic rings. The molecule has 2 bridgehead atoms. The molecule has 2 aliphatic heterocycles. The van der Waals surface area contributed by atoms with E-state index in [9.17, 15) is 4.79 Å². The van der Waals surface area contributed by atoms with Gasteiger partial charge in [-0.2, -0.15) is 0 Å². The molecule has 138 valence electrons. The summed E-state index contributed by atoms with van der Waals surface area (Å²) in [5.41, 5.74) is 0. The molecule has 3 fully saturated rings. The minimum atomic E-state index is -0.750. The molecule has 2 saturated heterocycles. The van der Waals surface area contributed by atoms with E-state index in [2.05, 4.69) is 0 Å². The first-order chi connectivity index (χ1) is 11.7. The maximum absolute atomic E-state index is 10.5. The summed E-state index contributed by atoms with van der Waals surface area (Å²) >= 11 is 0. The minimum Gasteiger partial charge on any atom is -0.481 e. The van der Waals surface area contributed by atoms with Gasteiger partial charge in [0.15, 0.2) is 0 Å². The van der Waals surface area contributed by atoms with Crippen LogP contribution in [-0.4, -0.2) is 49.7 Å². The second-order valence-electron chi connectivity index (χ2n) is 7.70. The molecule has 0 spiro atoms. The summed E-state index contributed by atoms with van der Waals surface area (Å²) < 4.78 is 17.8. The molecule has 5 nitrogen and oxygen atoms in total. The van der Waals surface area contributed by atoms with E-state index in [1.54, 1.807) is 0 Å². The lowest BCUT2D eigenvalue weighted by molar-refractivity contribution is -0.137. The van der Waals surface area contributed by atoms with Gasteiger partial charge in [0, 0.05) is 32.2 Å². The zero-order valence-corrected chi connectivity index (χ0v) is 14.7. The molecule has 0 amide bonds. The quantitative estimate of drug-likeness (QED) is 0.585. The first-order valence-electron chi connectivity index (χ1n) is 9.77. The molecule has 3 rings (SSSR count). The Morgan fingerprint density at radius 1 is 0.958 bits per heavy atom. The maximum atomic E-state index is 10.5. The molecule has 4 atom stereocenters. The number of aliphatic carboxylic acids is 1. The van der Waals surface area contributed by atoms with Gasteiger partial charge in [0.25, 0.3) is 0 Å². The average molecular weight is 340 g/mol. The smallest absolute Gasteiger partial charge is 0.303 e. The number of carboxylic acids is 1. The number of carboxylic acid groups (broad SMARTS) is 1. The Morgan fingerprint density at radius 3 is 2.46 bits per heavy atom. The molecule has 24 heavy (non-hydrogen) atoms. The van der Waals surface area contributed by atoms with Gasteiger partial charge in [-0.25, -0.2) is 0 Å². The van der Waals surface area contributed by atoms with Crippen LogP contribution in [0.3, 0.4) is 0 Å². The van der Waals surface area contributed by atoms with Crippen molar-refractivity contribution in [3.63, 3.8) is 0 Å². The SMILES string of the molecule is O=C(O)CCCOCCC1C2CCC(O2)C1COCC1CCCC1. The second kappa shape index (κ2) is 9.16. The number of fused-ring (bicyclic) bond motifs is 2. The largest absolute Gasteiger partial charge is 0.481 e. The first-order valence-corrected chi connectivity index (χ1v) is 9.77. The standard InChI is InChI=1S/C19H32O5/c20-19(21)6-3-10-22-11-9-15-16(18-8-7-17(15)24-18)13-23-12-14-4-1-2-5-14/h14-18H,1-13H2,(H,20,21). The summed E-state index contributed by atoms with van der Waals surface area (Å²) in [5.74, 6) is 1.10. The normalized spacial score (nSPS) is 32.7. The summed E-state index contributed by atoms with van der Waals surface area (Å²) in [7, 11) is 0. The molecule has 4 unspecified atom stereocenters. The van der Waals surface area contributed by atoms with Crippen LogP contribution in [-0.2, 0) is 19.0 Å². The van der Waals surface area contributed by atoms with E-state index < -0.39 is 5.97 Å². The van der Waals surface area contributed by atoms with Crippen molar-refractivity contribution in [1.82, 2.24) is 0 Å². The molecule has 0 aromatic rings. The second-order valence-corrected chi connectivity index (χ2v) is 7.70. The lowest BCUT2D eigenvalue weighted by Crippen LogP contribution is -2.32. The van der Waals surface area contributed by atoms with Crippen LogP contribution in [0.5, 0.6) is 0 Å². The molecule has 2 heterocycles. The Hall–Kier alpha value is -0.650. The van der Waals surface area contributed by atoms with Crippen molar-refractivity contribution in [1.29, 1.82) is 0 Å². The Kier molecular flexibility index (Phi) is 6.93. The lowest BCUT2D eigenvalue weighted by atomic mass is 9.78. The lowest BCUT2D eigenvalue weighted by Gasteiger charge is -2.28. The summed E-state index contributed by atoms with van der Waals surface area (Å²) in [5, 5.41) is 8.62. The number of hydrogen-bond donors (Lipinski definition) is 1. The average Bonchev–Trinajstić information content (AvgIpc) is 3.28. The summed E-state index contributed by atoms with van der Waals surface area (Å²) in [6, 6.07) is 0. The van der Waals surface area contributed by atoms with Crippen molar-refractivity contribution in [2.24, 2.45) is 17.8 Å². The third-order valence-corrected chi connectivity index (χ3v) is 6.00. The highest BCUT2D eigenvalue weighted by molar-refractivity contribution is 5.66. The van der Waals surface area contributed by atoms with Gasteiger partial charge in [-0.3, -0.25) is 4.79 Å². The molecule has 1 N–H and O–H groups in total. The monoisotopic (exact) mass is 340 g/mol. The molecule has 5 heteroatoms. The molecule has 0 radical (unpaired) electrons. The summed E-state index contributed by atoms with van der Waals surface area (Å²) in [4.78, 5) is 10.5. The maximum Gasteiger partial charge on any atom is 0.303 e.